The molecule has 2 aromatic rings. The van der Waals surface area contributed by atoms with Gasteiger partial charge in [0.1, 0.15) is 6.61 Å². The zero-order valence-electron chi connectivity index (χ0n) is 14.0. The predicted molar refractivity (Wildman–Crippen MR) is 98.0 cm³/mol. The van der Waals surface area contributed by atoms with Gasteiger partial charge in [0, 0.05) is 41.0 Å². The van der Waals surface area contributed by atoms with Crippen LogP contribution in [0, 0.1) is 6.92 Å². The van der Waals surface area contributed by atoms with Gasteiger partial charge in [-0.25, -0.2) is 0 Å². The van der Waals surface area contributed by atoms with Crippen LogP contribution in [0.15, 0.2) is 24.3 Å². The average molecular weight is 344 g/mol. The summed E-state index contributed by atoms with van der Waals surface area (Å²) in [5.74, 6) is 0.926. The maximum Gasteiger partial charge on any atom is 0.165 e. The number of benzene rings is 1. The quantitative estimate of drug-likeness (QED) is 0.877. The number of nitrogens with zero attached hydrogens (tertiary/aromatic N) is 1. The molecular weight excluding hydrogens is 320 g/mol. The molecule has 0 spiro atoms. The Labute approximate surface area is 147 Å². The summed E-state index contributed by atoms with van der Waals surface area (Å²) >= 11 is 1.76. The summed E-state index contributed by atoms with van der Waals surface area (Å²) in [6, 6.07) is 8.83. The van der Waals surface area contributed by atoms with Gasteiger partial charge in [-0.15, -0.1) is 11.3 Å². The number of phenols is 1. The van der Waals surface area contributed by atoms with Crippen LogP contribution in [0.1, 0.15) is 23.3 Å². The van der Waals surface area contributed by atoms with Crippen molar-refractivity contribution in [3.05, 3.63) is 34.7 Å². The molecule has 0 saturated carbocycles. The summed E-state index contributed by atoms with van der Waals surface area (Å²) in [6.45, 7) is 6.67. The molecule has 128 valence electrons. The van der Waals surface area contributed by atoms with Gasteiger partial charge in [0.05, 0.1) is 0 Å². The number of piperidine rings is 1. The average Bonchev–Trinajstić information content (AvgIpc) is 2.91. The Morgan fingerprint density at radius 2 is 2.25 bits per heavy atom. The molecule has 0 bridgehead atoms. The zero-order chi connectivity index (χ0) is 16.5. The van der Waals surface area contributed by atoms with Crippen molar-refractivity contribution in [2.75, 3.05) is 26.2 Å². The third-order valence-corrected chi connectivity index (χ3v) is 6.01. The summed E-state index contributed by atoms with van der Waals surface area (Å²) in [6.07, 6.45) is 2.47. The lowest BCUT2D eigenvalue weighted by Gasteiger charge is -2.33. The number of nitrogens with one attached hydrogen (secondary N) is 1. The van der Waals surface area contributed by atoms with Crippen molar-refractivity contribution in [3.63, 3.8) is 0 Å². The van der Waals surface area contributed by atoms with E-state index in [2.05, 4.69) is 35.3 Å². The lowest BCUT2D eigenvalue weighted by Crippen LogP contribution is -2.46. The largest absolute Gasteiger partial charge is 0.504 e. The van der Waals surface area contributed by atoms with Crippen LogP contribution in [-0.2, 0) is 6.54 Å². The smallest absolute Gasteiger partial charge is 0.165 e. The molecule has 1 saturated heterocycles. The highest BCUT2D eigenvalue weighted by Gasteiger charge is 2.26. The normalized spacial score (nSPS) is 21.8. The molecular formula is C19H24N2O2S. The maximum absolute atomic E-state index is 10.5. The van der Waals surface area contributed by atoms with E-state index in [9.17, 15) is 5.11 Å². The Balaban J connectivity index is 1.65. The molecule has 1 aromatic carbocycles. The first-order valence-corrected chi connectivity index (χ1v) is 9.52. The standard InChI is InChI=1S/C19H24N2O2S/c1-13-4-5-18(24-13)14-9-15-12-21(16-3-2-6-20-11-16)7-8-23-19(15)17(22)10-14/h4-5,9-10,16,20,22H,2-3,6-8,11-12H2,1H3/t16-/m1/s1. The summed E-state index contributed by atoms with van der Waals surface area (Å²) in [7, 11) is 0. The van der Waals surface area contributed by atoms with Gasteiger partial charge in [0.2, 0.25) is 0 Å². The van der Waals surface area contributed by atoms with E-state index in [1.807, 2.05) is 6.07 Å². The highest BCUT2D eigenvalue weighted by Crippen LogP contribution is 2.39. The molecule has 2 aliphatic heterocycles. The number of hydrogen-bond donors (Lipinski definition) is 2. The molecule has 0 radical (unpaired) electrons. The molecule has 3 heterocycles. The van der Waals surface area contributed by atoms with E-state index in [0.717, 1.165) is 37.3 Å². The van der Waals surface area contributed by atoms with Crippen molar-refractivity contribution < 1.29 is 9.84 Å². The number of aryl methyl sites for hydroxylation is 1. The fraction of sp³-hybridized carbons (Fsp3) is 0.474. The monoisotopic (exact) mass is 344 g/mol. The second kappa shape index (κ2) is 6.75. The predicted octanol–water partition coefficient (Wildman–Crippen LogP) is 3.38. The zero-order valence-corrected chi connectivity index (χ0v) is 14.9. The van der Waals surface area contributed by atoms with Crippen molar-refractivity contribution in [2.24, 2.45) is 0 Å². The number of phenolic OH excluding ortho intramolecular Hbond substituents is 1. The van der Waals surface area contributed by atoms with Crippen molar-refractivity contribution in [2.45, 2.75) is 32.4 Å². The van der Waals surface area contributed by atoms with Gasteiger partial charge >= 0.3 is 0 Å². The second-order valence-electron chi connectivity index (χ2n) is 6.71. The van der Waals surface area contributed by atoms with Crippen molar-refractivity contribution in [1.29, 1.82) is 0 Å². The highest BCUT2D eigenvalue weighted by atomic mass is 32.1. The Morgan fingerprint density at radius 1 is 1.33 bits per heavy atom. The third kappa shape index (κ3) is 3.16. The molecule has 4 nitrogen and oxygen atoms in total. The molecule has 5 heteroatoms. The number of ether oxygens (including phenoxy) is 1. The Bertz CT molecular complexity index is 722. The van der Waals surface area contributed by atoms with Gasteiger partial charge in [-0.05, 0) is 56.1 Å². The first-order chi connectivity index (χ1) is 11.7. The number of hydrogen-bond acceptors (Lipinski definition) is 5. The van der Waals surface area contributed by atoms with E-state index in [1.165, 1.54) is 22.6 Å². The molecule has 1 aromatic heterocycles. The lowest BCUT2D eigenvalue weighted by molar-refractivity contribution is 0.144. The Kier molecular flexibility index (Phi) is 4.48. The third-order valence-electron chi connectivity index (χ3n) is 4.96. The van der Waals surface area contributed by atoms with E-state index in [1.54, 1.807) is 11.3 Å². The molecule has 2 aliphatic rings. The number of thiophene rings is 1. The molecule has 1 atom stereocenters. The fourth-order valence-electron chi connectivity index (χ4n) is 3.71. The van der Waals surface area contributed by atoms with Gasteiger partial charge in [-0.3, -0.25) is 4.90 Å². The minimum atomic E-state index is 0.261. The van der Waals surface area contributed by atoms with Crippen LogP contribution in [0.3, 0.4) is 0 Å². The van der Waals surface area contributed by atoms with Crippen LogP contribution < -0.4 is 10.1 Å². The Hall–Kier alpha value is -1.56. The molecule has 4 rings (SSSR count). The van der Waals surface area contributed by atoms with Crippen molar-refractivity contribution in [3.8, 4) is 21.9 Å². The SMILES string of the molecule is Cc1ccc(-c2cc(O)c3c(c2)CN([C@@H]2CCCNC2)CCO3)s1. The van der Waals surface area contributed by atoms with Gasteiger partial charge in [-0.1, -0.05) is 0 Å². The molecule has 1 fully saturated rings. The van der Waals surface area contributed by atoms with Crippen molar-refractivity contribution >= 4 is 11.3 Å². The second-order valence-corrected chi connectivity index (χ2v) is 8.00. The van der Waals surface area contributed by atoms with Gasteiger partial charge in [0.25, 0.3) is 0 Å². The van der Waals surface area contributed by atoms with E-state index in [-0.39, 0.29) is 5.75 Å². The van der Waals surface area contributed by atoms with Gasteiger partial charge < -0.3 is 15.2 Å². The topological polar surface area (TPSA) is 44.7 Å². The molecule has 2 N–H and O–H groups in total. The number of rotatable bonds is 2. The molecule has 0 unspecified atom stereocenters. The first-order valence-electron chi connectivity index (χ1n) is 8.71. The summed E-state index contributed by atoms with van der Waals surface area (Å²) in [5.41, 5.74) is 2.18. The van der Waals surface area contributed by atoms with E-state index in [0.29, 0.717) is 18.4 Å². The van der Waals surface area contributed by atoms with E-state index in [4.69, 9.17) is 4.74 Å². The van der Waals surface area contributed by atoms with Crippen LogP contribution in [0.2, 0.25) is 0 Å². The summed E-state index contributed by atoms with van der Waals surface area (Å²) in [4.78, 5) is 4.98. The van der Waals surface area contributed by atoms with E-state index >= 15 is 0 Å². The lowest BCUT2D eigenvalue weighted by atomic mass is 10.0. The summed E-state index contributed by atoms with van der Waals surface area (Å²) < 4.78 is 5.89. The van der Waals surface area contributed by atoms with Crippen LogP contribution in [0.4, 0.5) is 0 Å². The van der Waals surface area contributed by atoms with Crippen LogP contribution in [0.5, 0.6) is 11.5 Å². The highest BCUT2D eigenvalue weighted by molar-refractivity contribution is 7.15. The molecule has 0 amide bonds. The van der Waals surface area contributed by atoms with Crippen molar-refractivity contribution in [1.82, 2.24) is 10.2 Å². The maximum atomic E-state index is 10.5. The van der Waals surface area contributed by atoms with Gasteiger partial charge in [0.15, 0.2) is 11.5 Å². The minimum Gasteiger partial charge on any atom is -0.504 e. The van der Waals surface area contributed by atoms with Crippen LogP contribution in [-0.4, -0.2) is 42.3 Å². The first kappa shape index (κ1) is 15.9. The van der Waals surface area contributed by atoms with Crippen LogP contribution >= 0.6 is 11.3 Å². The Morgan fingerprint density at radius 3 is 3.00 bits per heavy atom. The number of aromatic hydroxyl groups is 1. The van der Waals surface area contributed by atoms with Crippen LogP contribution in [0.25, 0.3) is 10.4 Å². The fourth-order valence-corrected chi connectivity index (χ4v) is 4.56. The summed E-state index contributed by atoms with van der Waals surface area (Å²) in [5, 5.41) is 14.0. The van der Waals surface area contributed by atoms with Gasteiger partial charge in [-0.2, -0.15) is 0 Å². The molecule has 0 aliphatic carbocycles. The molecule has 24 heavy (non-hydrogen) atoms. The minimum absolute atomic E-state index is 0.261. The number of fused-ring (bicyclic) bond motifs is 1. The van der Waals surface area contributed by atoms with E-state index < -0.39 is 0 Å².